The molecule has 1 aliphatic heterocycles. The van der Waals surface area contributed by atoms with Crippen LogP contribution < -0.4 is 0 Å². The normalized spacial score (nSPS) is 19.8. The quantitative estimate of drug-likeness (QED) is 0.559. The van der Waals surface area contributed by atoms with E-state index in [-0.39, 0.29) is 0 Å². The maximum Gasteiger partial charge on any atom is 0.330 e. The molecular formula is C12H22NO2+. The second-order valence-electron chi connectivity index (χ2n) is 4.86. The van der Waals surface area contributed by atoms with E-state index in [4.69, 9.17) is 5.11 Å². The van der Waals surface area contributed by atoms with Crippen LogP contribution in [0.5, 0.6) is 0 Å². The van der Waals surface area contributed by atoms with Crippen molar-refractivity contribution >= 4 is 5.97 Å². The first-order valence-corrected chi connectivity index (χ1v) is 5.78. The van der Waals surface area contributed by atoms with E-state index in [9.17, 15) is 4.79 Å². The van der Waals surface area contributed by atoms with Crippen LogP contribution in [-0.4, -0.2) is 42.2 Å². The van der Waals surface area contributed by atoms with Gasteiger partial charge < -0.3 is 9.59 Å². The molecule has 86 valence electrons. The van der Waals surface area contributed by atoms with Gasteiger partial charge in [-0.15, -0.1) is 0 Å². The van der Waals surface area contributed by atoms with Crippen LogP contribution in [0.1, 0.15) is 32.1 Å². The van der Waals surface area contributed by atoms with Crippen LogP contribution >= 0.6 is 0 Å². The van der Waals surface area contributed by atoms with Gasteiger partial charge in [-0.2, -0.15) is 0 Å². The van der Waals surface area contributed by atoms with Gasteiger partial charge in [0.2, 0.25) is 0 Å². The molecule has 0 atom stereocenters. The second-order valence-corrected chi connectivity index (χ2v) is 4.86. The predicted molar refractivity (Wildman–Crippen MR) is 60.6 cm³/mol. The number of likely N-dealkylation sites (tertiary alicyclic amines) is 1. The first-order valence-electron chi connectivity index (χ1n) is 5.78. The SMILES string of the molecule is C=C(CCC[N+]1(C)CCCCC1)C(=O)O. The molecule has 0 saturated carbocycles. The summed E-state index contributed by atoms with van der Waals surface area (Å²) in [7, 11) is 2.28. The zero-order valence-corrected chi connectivity index (χ0v) is 9.67. The molecule has 3 heteroatoms. The lowest BCUT2D eigenvalue weighted by molar-refractivity contribution is -0.914. The lowest BCUT2D eigenvalue weighted by Crippen LogP contribution is -2.48. The molecule has 0 bridgehead atoms. The fourth-order valence-corrected chi connectivity index (χ4v) is 2.28. The van der Waals surface area contributed by atoms with Crippen LogP contribution in [0.3, 0.4) is 0 Å². The van der Waals surface area contributed by atoms with Crippen LogP contribution in [0.4, 0.5) is 0 Å². The minimum Gasteiger partial charge on any atom is -0.478 e. The molecule has 1 aliphatic rings. The summed E-state index contributed by atoms with van der Waals surface area (Å²) in [5.74, 6) is -0.851. The van der Waals surface area contributed by atoms with Gasteiger partial charge in [0, 0.05) is 12.0 Å². The second kappa shape index (κ2) is 5.31. The summed E-state index contributed by atoms with van der Waals surface area (Å²) < 4.78 is 1.12. The zero-order chi connectivity index (χ0) is 11.3. The van der Waals surface area contributed by atoms with Gasteiger partial charge in [-0.1, -0.05) is 6.58 Å². The average molecular weight is 212 g/mol. The number of hydrogen-bond acceptors (Lipinski definition) is 1. The number of nitrogens with zero attached hydrogens (tertiary/aromatic N) is 1. The molecule has 0 unspecified atom stereocenters. The third-order valence-electron chi connectivity index (χ3n) is 3.37. The third-order valence-corrected chi connectivity index (χ3v) is 3.37. The predicted octanol–water partition coefficient (Wildman–Crippen LogP) is 2.04. The van der Waals surface area contributed by atoms with E-state index in [1.54, 1.807) is 0 Å². The number of carbonyl (C=O) groups is 1. The van der Waals surface area contributed by atoms with E-state index in [0.29, 0.717) is 12.0 Å². The minimum absolute atomic E-state index is 0.346. The van der Waals surface area contributed by atoms with Crippen molar-refractivity contribution in [2.24, 2.45) is 0 Å². The third kappa shape index (κ3) is 4.04. The van der Waals surface area contributed by atoms with Crippen molar-refractivity contribution in [1.29, 1.82) is 0 Å². The Kier molecular flexibility index (Phi) is 4.33. The van der Waals surface area contributed by atoms with Gasteiger partial charge >= 0.3 is 5.97 Å². The van der Waals surface area contributed by atoms with Crippen LogP contribution in [0.2, 0.25) is 0 Å². The summed E-state index contributed by atoms with van der Waals surface area (Å²) in [6.45, 7) is 7.14. The zero-order valence-electron chi connectivity index (χ0n) is 9.67. The summed E-state index contributed by atoms with van der Waals surface area (Å²) in [4.78, 5) is 10.6. The van der Waals surface area contributed by atoms with Gasteiger partial charge in [0.25, 0.3) is 0 Å². The molecule has 0 aromatic carbocycles. The number of aliphatic carboxylic acids is 1. The first-order chi connectivity index (χ1) is 7.03. The number of carboxylic acid groups (broad SMARTS) is 1. The largest absolute Gasteiger partial charge is 0.478 e. The molecular weight excluding hydrogens is 190 g/mol. The summed E-state index contributed by atoms with van der Waals surface area (Å²) in [5, 5.41) is 8.68. The Morgan fingerprint density at radius 1 is 1.33 bits per heavy atom. The Labute approximate surface area is 92.0 Å². The molecule has 0 aliphatic carbocycles. The van der Waals surface area contributed by atoms with Crippen LogP contribution in [-0.2, 0) is 4.79 Å². The Balaban J connectivity index is 2.24. The highest BCUT2D eigenvalue weighted by Gasteiger charge is 2.23. The number of hydrogen-bond donors (Lipinski definition) is 1. The maximum atomic E-state index is 10.6. The highest BCUT2D eigenvalue weighted by atomic mass is 16.4. The van der Waals surface area contributed by atoms with Crippen molar-refractivity contribution in [3.63, 3.8) is 0 Å². The van der Waals surface area contributed by atoms with E-state index >= 15 is 0 Å². The van der Waals surface area contributed by atoms with E-state index in [0.717, 1.165) is 17.4 Å². The van der Waals surface area contributed by atoms with E-state index < -0.39 is 5.97 Å². The van der Waals surface area contributed by atoms with Crippen molar-refractivity contribution < 1.29 is 14.4 Å². The van der Waals surface area contributed by atoms with Crippen molar-refractivity contribution in [1.82, 2.24) is 0 Å². The number of rotatable bonds is 5. The molecule has 0 spiro atoms. The average Bonchev–Trinajstić information content (AvgIpc) is 2.18. The molecule has 0 amide bonds. The van der Waals surface area contributed by atoms with Crippen molar-refractivity contribution in [3.05, 3.63) is 12.2 Å². The lowest BCUT2D eigenvalue weighted by atomic mass is 10.1. The molecule has 1 rings (SSSR count). The van der Waals surface area contributed by atoms with Crippen LogP contribution in [0, 0.1) is 0 Å². The Bertz CT molecular complexity index is 242. The Morgan fingerprint density at radius 3 is 2.47 bits per heavy atom. The van der Waals surface area contributed by atoms with Crippen LogP contribution in [0.15, 0.2) is 12.2 Å². The highest BCUT2D eigenvalue weighted by molar-refractivity contribution is 5.85. The fraction of sp³-hybridized carbons (Fsp3) is 0.750. The van der Waals surface area contributed by atoms with Gasteiger partial charge in [-0.3, -0.25) is 0 Å². The molecule has 0 radical (unpaired) electrons. The van der Waals surface area contributed by atoms with Crippen molar-refractivity contribution in [3.8, 4) is 0 Å². The number of piperidine rings is 1. The van der Waals surface area contributed by atoms with Crippen molar-refractivity contribution in [2.75, 3.05) is 26.7 Å². The molecule has 1 fully saturated rings. The van der Waals surface area contributed by atoms with E-state index in [1.165, 1.54) is 32.4 Å². The number of quaternary nitrogens is 1. The van der Waals surface area contributed by atoms with Gasteiger partial charge in [0.15, 0.2) is 0 Å². The van der Waals surface area contributed by atoms with Gasteiger partial charge in [-0.05, 0) is 25.7 Å². The summed E-state index contributed by atoms with van der Waals surface area (Å²) in [6, 6.07) is 0. The smallest absolute Gasteiger partial charge is 0.330 e. The Hall–Kier alpha value is -0.830. The summed E-state index contributed by atoms with van der Waals surface area (Å²) in [5.41, 5.74) is 0.346. The first kappa shape index (κ1) is 12.2. The molecule has 0 aromatic heterocycles. The van der Waals surface area contributed by atoms with Gasteiger partial charge in [0.1, 0.15) is 0 Å². The minimum atomic E-state index is -0.851. The maximum absolute atomic E-state index is 10.6. The highest BCUT2D eigenvalue weighted by Crippen LogP contribution is 2.17. The summed E-state index contributed by atoms with van der Waals surface area (Å²) in [6.07, 6.45) is 5.56. The topological polar surface area (TPSA) is 37.3 Å². The van der Waals surface area contributed by atoms with Crippen molar-refractivity contribution in [2.45, 2.75) is 32.1 Å². The van der Waals surface area contributed by atoms with E-state index in [1.807, 2.05) is 0 Å². The summed E-state index contributed by atoms with van der Waals surface area (Å²) >= 11 is 0. The van der Waals surface area contributed by atoms with E-state index in [2.05, 4.69) is 13.6 Å². The molecule has 3 nitrogen and oxygen atoms in total. The molecule has 1 heterocycles. The number of carboxylic acids is 1. The monoisotopic (exact) mass is 212 g/mol. The standard InChI is InChI=1S/C12H21NO2/c1-11(12(14)15)7-6-10-13(2)8-4-3-5-9-13/h1,3-10H2,2H3/p+1. The molecule has 1 N–H and O–H groups in total. The van der Waals surface area contributed by atoms with Gasteiger partial charge in [0.05, 0.1) is 26.7 Å². The molecule has 15 heavy (non-hydrogen) atoms. The fourth-order valence-electron chi connectivity index (χ4n) is 2.28. The molecule has 0 aromatic rings. The lowest BCUT2D eigenvalue weighted by Gasteiger charge is -2.37. The van der Waals surface area contributed by atoms with Gasteiger partial charge in [-0.25, -0.2) is 4.79 Å². The Morgan fingerprint density at radius 2 is 1.93 bits per heavy atom. The van der Waals surface area contributed by atoms with Crippen LogP contribution in [0.25, 0.3) is 0 Å². The molecule has 1 saturated heterocycles.